The Labute approximate surface area is 95.6 Å². The normalized spacial score (nSPS) is 11.5. The molecule has 0 aromatic heterocycles. The molecule has 0 spiro atoms. The Morgan fingerprint density at radius 1 is 1.19 bits per heavy atom. The van der Waals surface area contributed by atoms with Gasteiger partial charge in [0.15, 0.2) is 9.84 Å². The molecule has 1 aromatic rings. The molecule has 5 heteroatoms. The topological polar surface area (TPSA) is 63.2 Å². The summed E-state index contributed by atoms with van der Waals surface area (Å²) in [6, 6.07) is 6.11. The number of anilines is 1. The van der Waals surface area contributed by atoms with Gasteiger partial charge in [-0.05, 0) is 24.3 Å². The fourth-order valence-electron chi connectivity index (χ4n) is 1.07. The molecule has 1 rings (SSSR count). The lowest BCUT2D eigenvalue weighted by molar-refractivity contribution is -0.118. The van der Waals surface area contributed by atoms with Gasteiger partial charge in [-0.2, -0.15) is 0 Å². The van der Waals surface area contributed by atoms with Gasteiger partial charge in [0.2, 0.25) is 5.91 Å². The second-order valence-electron chi connectivity index (χ2n) is 3.94. The highest BCUT2D eigenvalue weighted by Crippen LogP contribution is 2.14. The van der Waals surface area contributed by atoms with Gasteiger partial charge in [0, 0.05) is 17.9 Å². The molecule has 88 valence electrons. The fourth-order valence-corrected chi connectivity index (χ4v) is 1.70. The average Bonchev–Trinajstić information content (AvgIpc) is 2.17. The summed E-state index contributed by atoms with van der Waals surface area (Å²) in [5, 5.41) is 2.69. The van der Waals surface area contributed by atoms with Crippen LogP contribution in [0.2, 0.25) is 0 Å². The van der Waals surface area contributed by atoms with Crippen molar-refractivity contribution in [1.82, 2.24) is 0 Å². The zero-order chi connectivity index (χ0) is 12.3. The summed E-state index contributed by atoms with van der Waals surface area (Å²) in [5.74, 6) is -0.193. The van der Waals surface area contributed by atoms with Crippen LogP contribution < -0.4 is 5.32 Å². The Morgan fingerprint density at radius 3 is 2.06 bits per heavy atom. The van der Waals surface area contributed by atoms with E-state index in [2.05, 4.69) is 5.32 Å². The highest BCUT2D eigenvalue weighted by atomic mass is 32.2. The second kappa shape index (κ2) is 4.65. The van der Waals surface area contributed by atoms with E-state index in [-0.39, 0.29) is 16.7 Å². The van der Waals surface area contributed by atoms with Crippen molar-refractivity contribution < 1.29 is 13.2 Å². The third-order valence-corrected chi connectivity index (χ3v) is 3.20. The van der Waals surface area contributed by atoms with Gasteiger partial charge in [0.05, 0.1) is 4.90 Å². The van der Waals surface area contributed by atoms with Gasteiger partial charge in [0.25, 0.3) is 0 Å². The van der Waals surface area contributed by atoms with Crippen LogP contribution in [0.5, 0.6) is 0 Å². The Balaban J connectivity index is 2.84. The molecular weight excluding hydrogens is 226 g/mol. The van der Waals surface area contributed by atoms with Crippen LogP contribution in [0.1, 0.15) is 13.8 Å². The van der Waals surface area contributed by atoms with Crippen LogP contribution in [0.25, 0.3) is 0 Å². The highest BCUT2D eigenvalue weighted by molar-refractivity contribution is 7.90. The first-order valence-corrected chi connectivity index (χ1v) is 6.81. The summed E-state index contributed by atoms with van der Waals surface area (Å²) in [7, 11) is -3.18. The molecule has 0 unspecified atom stereocenters. The summed E-state index contributed by atoms with van der Waals surface area (Å²) in [4.78, 5) is 11.6. The van der Waals surface area contributed by atoms with Crippen molar-refractivity contribution >= 4 is 21.4 Å². The third kappa shape index (κ3) is 3.34. The second-order valence-corrected chi connectivity index (χ2v) is 5.96. The maximum absolute atomic E-state index is 11.4. The van der Waals surface area contributed by atoms with E-state index >= 15 is 0 Å². The van der Waals surface area contributed by atoms with Crippen LogP contribution in [-0.4, -0.2) is 20.6 Å². The molecule has 1 aromatic carbocycles. The van der Waals surface area contributed by atoms with Crippen molar-refractivity contribution in [2.24, 2.45) is 5.92 Å². The molecular formula is C11H15NO3S. The molecule has 0 bridgehead atoms. The molecule has 0 atom stereocenters. The van der Waals surface area contributed by atoms with Gasteiger partial charge in [-0.3, -0.25) is 4.79 Å². The quantitative estimate of drug-likeness (QED) is 0.875. The Kier molecular flexibility index (Phi) is 3.70. The molecule has 0 radical (unpaired) electrons. The highest BCUT2D eigenvalue weighted by Gasteiger charge is 2.09. The zero-order valence-electron chi connectivity index (χ0n) is 9.52. The number of sulfone groups is 1. The first-order valence-electron chi connectivity index (χ1n) is 4.91. The van der Waals surface area contributed by atoms with Crippen LogP contribution >= 0.6 is 0 Å². The van der Waals surface area contributed by atoms with Gasteiger partial charge < -0.3 is 5.32 Å². The van der Waals surface area contributed by atoms with E-state index in [0.717, 1.165) is 6.26 Å². The fraction of sp³-hybridized carbons (Fsp3) is 0.364. The Hall–Kier alpha value is -1.36. The van der Waals surface area contributed by atoms with E-state index < -0.39 is 9.84 Å². The lowest BCUT2D eigenvalue weighted by atomic mass is 10.2. The van der Waals surface area contributed by atoms with Crippen molar-refractivity contribution in [2.45, 2.75) is 18.7 Å². The summed E-state index contributed by atoms with van der Waals surface area (Å²) in [6.07, 6.45) is 1.15. The number of hydrogen-bond donors (Lipinski definition) is 1. The smallest absolute Gasteiger partial charge is 0.226 e. The van der Waals surface area contributed by atoms with Crippen LogP contribution in [0.3, 0.4) is 0 Å². The molecule has 0 aliphatic carbocycles. The molecule has 0 saturated carbocycles. The number of carbonyl (C=O) groups excluding carboxylic acids is 1. The largest absolute Gasteiger partial charge is 0.326 e. The molecule has 16 heavy (non-hydrogen) atoms. The number of benzene rings is 1. The minimum Gasteiger partial charge on any atom is -0.326 e. The number of hydrogen-bond acceptors (Lipinski definition) is 3. The monoisotopic (exact) mass is 241 g/mol. The number of rotatable bonds is 3. The summed E-state index contributed by atoms with van der Waals surface area (Å²) in [6.45, 7) is 3.58. The van der Waals surface area contributed by atoms with Crippen LogP contribution in [-0.2, 0) is 14.6 Å². The Bertz CT molecular complexity index is 474. The van der Waals surface area contributed by atoms with Gasteiger partial charge in [-0.15, -0.1) is 0 Å². The van der Waals surface area contributed by atoms with Crippen molar-refractivity contribution in [1.29, 1.82) is 0 Å². The van der Waals surface area contributed by atoms with Crippen molar-refractivity contribution in [3.8, 4) is 0 Å². The number of carbonyl (C=O) groups is 1. The predicted octanol–water partition coefficient (Wildman–Crippen LogP) is 1.68. The van der Waals surface area contributed by atoms with Crippen LogP contribution in [0, 0.1) is 5.92 Å². The maximum Gasteiger partial charge on any atom is 0.226 e. The Morgan fingerprint density at radius 2 is 1.69 bits per heavy atom. The number of amides is 1. The van der Waals surface area contributed by atoms with E-state index in [9.17, 15) is 13.2 Å². The van der Waals surface area contributed by atoms with E-state index in [1.165, 1.54) is 12.1 Å². The van der Waals surface area contributed by atoms with Gasteiger partial charge >= 0.3 is 0 Å². The van der Waals surface area contributed by atoms with E-state index in [1.54, 1.807) is 26.0 Å². The number of nitrogens with one attached hydrogen (secondary N) is 1. The van der Waals surface area contributed by atoms with E-state index in [4.69, 9.17) is 0 Å². The van der Waals surface area contributed by atoms with E-state index in [1.807, 2.05) is 0 Å². The maximum atomic E-state index is 11.4. The molecule has 1 N–H and O–H groups in total. The van der Waals surface area contributed by atoms with Gasteiger partial charge in [-0.25, -0.2) is 8.42 Å². The van der Waals surface area contributed by atoms with Crippen LogP contribution in [0.4, 0.5) is 5.69 Å². The lowest BCUT2D eigenvalue weighted by Gasteiger charge is -2.07. The summed E-state index contributed by atoms with van der Waals surface area (Å²) >= 11 is 0. The van der Waals surface area contributed by atoms with Gasteiger partial charge in [-0.1, -0.05) is 13.8 Å². The standard InChI is InChI=1S/C11H15NO3S/c1-8(2)11(13)12-9-4-6-10(7-5-9)16(3,14)15/h4-8H,1-3H3,(H,12,13). The molecule has 0 aliphatic heterocycles. The predicted molar refractivity (Wildman–Crippen MR) is 63.0 cm³/mol. The SMILES string of the molecule is CC(C)C(=O)Nc1ccc(S(C)(=O)=O)cc1. The molecule has 4 nitrogen and oxygen atoms in total. The minimum atomic E-state index is -3.18. The van der Waals surface area contributed by atoms with Crippen molar-refractivity contribution in [2.75, 3.05) is 11.6 Å². The van der Waals surface area contributed by atoms with Crippen molar-refractivity contribution in [3.05, 3.63) is 24.3 Å². The summed E-state index contributed by atoms with van der Waals surface area (Å²) < 4.78 is 22.4. The first-order chi connectivity index (χ1) is 7.30. The van der Waals surface area contributed by atoms with Crippen LogP contribution in [0.15, 0.2) is 29.2 Å². The third-order valence-electron chi connectivity index (χ3n) is 2.07. The molecule has 0 heterocycles. The molecule has 0 saturated heterocycles. The summed E-state index contributed by atoms with van der Waals surface area (Å²) in [5.41, 5.74) is 0.603. The first kappa shape index (κ1) is 12.7. The molecule has 0 fully saturated rings. The van der Waals surface area contributed by atoms with Gasteiger partial charge in [0.1, 0.15) is 0 Å². The molecule has 1 amide bonds. The minimum absolute atomic E-state index is 0.0906. The van der Waals surface area contributed by atoms with E-state index in [0.29, 0.717) is 5.69 Å². The zero-order valence-corrected chi connectivity index (χ0v) is 10.3. The molecule has 0 aliphatic rings. The average molecular weight is 241 g/mol. The lowest BCUT2D eigenvalue weighted by Crippen LogP contribution is -2.17. The van der Waals surface area contributed by atoms with Crippen molar-refractivity contribution in [3.63, 3.8) is 0 Å².